The third-order valence-electron chi connectivity index (χ3n) is 5.66. The Morgan fingerprint density at radius 1 is 1.27 bits per heavy atom. The van der Waals surface area contributed by atoms with Gasteiger partial charge in [-0.2, -0.15) is 10.1 Å². The van der Waals surface area contributed by atoms with E-state index in [0.717, 1.165) is 42.5 Å². The SMILES string of the molecule is Cc1c(C#N)c(NC(=O)Cn2nnc(-c3ccc(Cl)cc3)n2)n(C2CCCC2)c1C. The van der Waals surface area contributed by atoms with Gasteiger partial charge in [0.2, 0.25) is 11.7 Å². The lowest BCUT2D eigenvalue weighted by Gasteiger charge is -2.19. The number of nitrogens with one attached hydrogen (secondary N) is 1. The number of carbonyl (C=O) groups is 1. The Morgan fingerprint density at radius 2 is 1.97 bits per heavy atom. The van der Waals surface area contributed by atoms with Crippen LogP contribution in [0, 0.1) is 25.2 Å². The van der Waals surface area contributed by atoms with Gasteiger partial charge in [0.05, 0.1) is 5.56 Å². The number of nitriles is 1. The molecule has 9 heteroatoms. The third-order valence-corrected chi connectivity index (χ3v) is 5.91. The van der Waals surface area contributed by atoms with Crippen molar-refractivity contribution in [3.8, 4) is 17.5 Å². The van der Waals surface area contributed by atoms with Gasteiger partial charge in [0.25, 0.3) is 0 Å². The number of hydrogen-bond acceptors (Lipinski definition) is 5. The van der Waals surface area contributed by atoms with E-state index in [-0.39, 0.29) is 12.5 Å². The summed E-state index contributed by atoms with van der Waals surface area (Å²) in [6, 6.07) is 9.64. The molecule has 1 fully saturated rings. The van der Waals surface area contributed by atoms with E-state index in [1.54, 1.807) is 24.3 Å². The second kappa shape index (κ2) is 8.28. The molecule has 1 aliphatic rings. The molecule has 2 heterocycles. The number of aromatic nitrogens is 5. The Balaban J connectivity index is 1.54. The topological polar surface area (TPSA) is 101 Å². The van der Waals surface area contributed by atoms with Crippen LogP contribution in [0.1, 0.15) is 48.5 Å². The maximum Gasteiger partial charge on any atom is 0.249 e. The molecule has 0 aliphatic heterocycles. The number of carbonyl (C=O) groups excluding carboxylic acids is 1. The maximum atomic E-state index is 12.7. The van der Waals surface area contributed by atoms with Gasteiger partial charge in [0, 0.05) is 22.3 Å². The summed E-state index contributed by atoms with van der Waals surface area (Å²) in [4.78, 5) is 14.0. The van der Waals surface area contributed by atoms with E-state index in [1.165, 1.54) is 4.80 Å². The quantitative estimate of drug-likeness (QED) is 0.667. The predicted molar refractivity (Wildman–Crippen MR) is 113 cm³/mol. The van der Waals surface area contributed by atoms with Crippen molar-refractivity contribution in [2.24, 2.45) is 0 Å². The lowest BCUT2D eigenvalue weighted by atomic mass is 10.2. The highest BCUT2D eigenvalue weighted by Gasteiger charge is 2.26. The largest absolute Gasteiger partial charge is 0.327 e. The zero-order valence-electron chi connectivity index (χ0n) is 16.9. The van der Waals surface area contributed by atoms with Crippen LogP contribution in [-0.2, 0) is 11.3 Å². The van der Waals surface area contributed by atoms with Crippen molar-refractivity contribution in [2.75, 3.05) is 5.32 Å². The summed E-state index contributed by atoms with van der Waals surface area (Å²) in [5.41, 5.74) is 3.21. The fourth-order valence-corrected chi connectivity index (χ4v) is 4.16. The van der Waals surface area contributed by atoms with Gasteiger partial charge in [-0.15, -0.1) is 10.2 Å². The number of nitrogens with zero attached hydrogens (tertiary/aromatic N) is 6. The highest BCUT2D eigenvalue weighted by molar-refractivity contribution is 6.30. The Kier molecular flexibility index (Phi) is 5.55. The van der Waals surface area contributed by atoms with Crippen LogP contribution in [0.3, 0.4) is 0 Å². The standard InChI is InChI=1S/C21H22ClN7O/c1-13-14(2)29(17-5-3-4-6-17)21(18(13)11-23)24-19(30)12-28-26-20(25-27-28)15-7-9-16(22)10-8-15/h7-10,17H,3-6,12H2,1-2H3,(H,24,30). The maximum absolute atomic E-state index is 12.7. The molecule has 0 unspecified atom stereocenters. The van der Waals surface area contributed by atoms with Crippen LogP contribution in [0.5, 0.6) is 0 Å². The second-order valence-corrected chi connectivity index (χ2v) is 7.99. The first-order chi connectivity index (χ1) is 14.5. The Labute approximate surface area is 179 Å². The average Bonchev–Trinajstić information content (AvgIpc) is 3.45. The van der Waals surface area contributed by atoms with Crippen LogP contribution in [0.25, 0.3) is 11.4 Å². The molecule has 0 spiro atoms. The fraction of sp³-hybridized carbons (Fsp3) is 0.381. The van der Waals surface area contributed by atoms with Gasteiger partial charge in [-0.25, -0.2) is 0 Å². The number of rotatable bonds is 5. The summed E-state index contributed by atoms with van der Waals surface area (Å²) in [6.07, 6.45) is 4.43. The van der Waals surface area contributed by atoms with Gasteiger partial charge >= 0.3 is 0 Å². The first kappa shape index (κ1) is 20.1. The second-order valence-electron chi connectivity index (χ2n) is 7.55. The molecule has 0 bridgehead atoms. The summed E-state index contributed by atoms with van der Waals surface area (Å²) >= 11 is 5.91. The zero-order chi connectivity index (χ0) is 21.3. The minimum Gasteiger partial charge on any atom is -0.327 e. The molecule has 2 aromatic heterocycles. The monoisotopic (exact) mass is 423 g/mol. The average molecular weight is 424 g/mol. The Hall–Kier alpha value is -3.18. The van der Waals surface area contributed by atoms with E-state index in [9.17, 15) is 10.1 Å². The van der Waals surface area contributed by atoms with E-state index in [1.807, 2.05) is 13.8 Å². The van der Waals surface area contributed by atoms with Crippen molar-refractivity contribution in [3.63, 3.8) is 0 Å². The van der Waals surface area contributed by atoms with E-state index in [4.69, 9.17) is 11.6 Å². The minimum absolute atomic E-state index is 0.0978. The Morgan fingerprint density at radius 3 is 2.63 bits per heavy atom. The van der Waals surface area contributed by atoms with Crippen molar-refractivity contribution in [2.45, 2.75) is 52.1 Å². The highest BCUT2D eigenvalue weighted by atomic mass is 35.5. The van der Waals surface area contributed by atoms with E-state index < -0.39 is 0 Å². The summed E-state index contributed by atoms with van der Waals surface area (Å²) in [5, 5.41) is 25.5. The van der Waals surface area contributed by atoms with Crippen molar-refractivity contribution in [3.05, 3.63) is 46.1 Å². The highest BCUT2D eigenvalue weighted by Crippen LogP contribution is 2.37. The molecule has 30 heavy (non-hydrogen) atoms. The molecule has 4 rings (SSSR count). The summed E-state index contributed by atoms with van der Waals surface area (Å²) < 4.78 is 2.12. The van der Waals surface area contributed by atoms with Crippen molar-refractivity contribution < 1.29 is 4.79 Å². The van der Waals surface area contributed by atoms with Crippen LogP contribution in [0.2, 0.25) is 5.02 Å². The smallest absolute Gasteiger partial charge is 0.249 e. The first-order valence-corrected chi connectivity index (χ1v) is 10.3. The van der Waals surface area contributed by atoms with Crippen LogP contribution >= 0.6 is 11.6 Å². The van der Waals surface area contributed by atoms with Gasteiger partial charge in [0.1, 0.15) is 18.4 Å². The van der Waals surface area contributed by atoms with Gasteiger partial charge < -0.3 is 9.88 Å². The van der Waals surface area contributed by atoms with Crippen LogP contribution in [0.15, 0.2) is 24.3 Å². The van der Waals surface area contributed by atoms with Gasteiger partial charge in [-0.05, 0) is 61.7 Å². The molecule has 0 atom stereocenters. The van der Waals surface area contributed by atoms with Crippen LogP contribution in [0.4, 0.5) is 5.82 Å². The predicted octanol–water partition coefficient (Wildman–Crippen LogP) is 4.04. The number of benzene rings is 1. The van der Waals surface area contributed by atoms with Crippen molar-refractivity contribution in [1.82, 2.24) is 24.8 Å². The summed E-state index contributed by atoms with van der Waals surface area (Å²) in [7, 11) is 0. The van der Waals surface area contributed by atoms with Crippen LogP contribution in [-0.4, -0.2) is 30.7 Å². The molecule has 1 N–H and O–H groups in total. The lowest BCUT2D eigenvalue weighted by molar-refractivity contribution is -0.117. The molecule has 3 aromatic rings. The van der Waals surface area contributed by atoms with Gasteiger partial charge in [-0.3, -0.25) is 4.79 Å². The molecule has 1 aromatic carbocycles. The summed E-state index contributed by atoms with van der Waals surface area (Å²) in [5.74, 6) is 0.684. The third kappa shape index (κ3) is 3.81. The molecule has 154 valence electrons. The molecular weight excluding hydrogens is 402 g/mol. The molecule has 1 saturated carbocycles. The van der Waals surface area contributed by atoms with E-state index >= 15 is 0 Å². The number of halogens is 1. The lowest BCUT2D eigenvalue weighted by Crippen LogP contribution is -2.23. The zero-order valence-corrected chi connectivity index (χ0v) is 17.6. The number of amides is 1. The Bertz CT molecular complexity index is 1120. The van der Waals surface area contributed by atoms with Gasteiger partial charge in [-0.1, -0.05) is 24.4 Å². The molecule has 0 radical (unpaired) electrons. The number of tetrazole rings is 1. The fourth-order valence-electron chi connectivity index (χ4n) is 4.03. The first-order valence-electron chi connectivity index (χ1n) is 9.93. The number of anilines is 1. The molecular formula is C21H22ClN7O. The normalized spacial score (nSPS) is 14.1. The van der Waals surface area contributed by atoms with E-state index in [0.29, 0.717) is 28.3 Å². The summed E-state index contributed by atoms with van der Waals surface area (Å²) in [6.45, 7) is 3.83. The molecule has 1 amide bonds. The number of hydrogen-bond donors (Lipinski definition) is 1. The van der Waals surface area contributed by atoms with Crippen molar-refractivity contribution >= 4 is 23.3 Å². The van der Waals surface area contributed by atoms with Gasteiger partial charge in [0.15, 0.2) is 0 Å². The molecule has 1 aliphatic carbocycles. The van der Waals surface area contributed by atoms with E-state index in [2.05, 4.69) is 31.4 Å². The van der Waals surface area contributed by atoms with Crippen LogP contribution < -0.4 is 5.32 Å². The minimum atomic E-state index is -0.302. The van der Waals surface area contributed by atoms with Crippen molar-refractivity contribution in [1.29, 1.82) is 5.26 Å². The molecule has 0 saturated heterocycles. The molecule has 8 nitrogen and oxygen atoms in total.